The van der Waals surface area contributed by atoms with E-state index in [2.05, 4.69) is 22.3 Å². The molecule has 1 atom stereocenters. The van der Waals surface area contributed by atoms with Crippen LogP contribution in [0.2, 0.25) is 0 Å². The summed E-state index contributed by atoms with van der Waals surface area (Å²) in [7, 11) is 1.68. The first kappa shape index (κ1) is 19.7. The third-order valence-electron chi connectivity index (χ3n) is 5.02. The lowest BCUT2D eigenvalue weighted by Gasteiger charge is -2.32. The summed E-state index contributed by atoms with van der Waals surface area (Å²) in [6, 6.07) is 8.24. The summed E-state index contributed by atoms with van der Waals surface area (Å²) in [5, 5.41) is 12.8. The average Bonchev–Trinajstić information content (AvgIpc) is 2.61. The molecule has 0 aliphatic carbocycles. The Morgan fingerprint density at radius 2 is 1.92 bits per heavy atom. The van der Waals surface area contributed by atoms with E-state index in [1.54, 1.807) is 7.11 Å². The maximum absolute atomic E-state index is 11.9. The molecule has 140 valence electrons. The lowest BCUT2D eigenvalue weighted by atomic mass is 9.96. The highest BCUT2D eigenvalue weighted by molar-refractivity contribution is 5.76. The normalized spacial score (nSPS) is 17.5. The molecule has 0 bridgehead atoms. The minimum absolute atomic E-state index is 0.0399. The molecule has 1 unspecified atom stereocenters. The molecular formula is C20H32N2O3. The number of likely N-dealkylation sites (tertiary alicyclic amines) is 1. The second kappa shape index (κ2) is 9.78. The van der Waals surface area contributed by atoms with Gasteiger partial charge in [-0.1, -0.05) is 26.0 Å². The van der Waals surface area contributed by atoms with Crippen molar-refractivity contribution in [1.82, 2.24) is 10.2 Å². The second-order valence-corrected chi connectivity index (χ2v) is 7.39. The van der Waals surface area contributed by atoms with Crippen LogP contribution >= 0.6 is 0 Å². The van der Waals surface area contributed by atoms with Gasteiger partial charge < -0.3 is 15.2 Å². The highest BCUT2D eigenvalue weighted by atomic mass is 16.5. The second-order valence-electron chi connectivity index (χ2n) is 7.39. The van der Waals surface area contributed by atoms with Crippen LogP contribution < -0.4 is 10.1 Å². The SMILES string of the molecule is COc1ccc(CN2CCC(CNC(=O)CC(O)C(C)C)CC2)cc1. The minimum atomic E-state index is -0.550. The molecule has 1 saturated heterocycles. The molecule has 1 aliphatic heterocycles. The maximum Gasteiger partial charge on any atom is 0.222 e. The highest BCUT2D eigenvalue weighted by Gasteiger charge is 2.20. The Bertz CT molecular complexity index is 522. The molecule has 2 rings (SSSR count). The zero-order chi connectivity index (χ0) is 18.2. The molecule has 5 heteroatoms. The van der Waals surface area contributed by atoms with E-state index in [9.17, 15) is 9.90 Å². The predicted octanol–water partition coefficient (Wildman–Crippen LogP) is 2.43. The molecule has 0 aromatic heterocycles. The number of nitrogens with one attached hydrogen (secondary N) is 1. The van der Waals surface area contributed by atoms with E-state index in [1.807, 2.05) is 26.0 Å². The summed E-state index contributed by atoms with van der Waals surface area (Å²) >= 11 is 0. The third kappa shape index (κ3) is 6.67. The molecule has 0 spiro atoms. The smallest absolute Gasteiger partial charge is 0.222 e. The van der Waals surface area contributed by atoms with E-state index in [1.165, 1.54) is 5.56 Å². The number of aliphatic hydroxyl groups is 1. The molecule has 0 saturated carbocycles. The number of hydrogen-bond acceptors (Lipinski definition) is 4. The topological polar surface area (TPSA) is 61.8 Å². The summed E-state index contributed by atoms with van der Waals surface area (Å²) < 4.78 is 5.19. The lowest BCUT2D eigenvalue weighted by molar-refractivity contribution is -0.123. The van der Waals surface area contributed by atoms with Crippen molar-refractivity contribution in [3.63, 3.8) is 0 Å². The number of hydrogen-bond donors (Lipinski definition) is 2. The predicted molar refractivity (Wildman–Crippen MR) is 99.5 cm³/mol. The Morgan fingerprint density at radius 3 is 2.48 bits per heavy atom. The van der Waals surface area contributed by atoms with Crippen LogP contribution in [-0.4, -0.2) is 48.8 Å². The summed E-state index contributed by atoms with van der Waals surface area (Å²) in [4.78, 5) is 14.3. The van der Waals surface area contributed by atoms with Gasteiger partial charge in [0.1, 0.15) is 5.75 Å². The van der Waals surface area contributed by atoms with Crippen LogP contribution in [0.25, 0.3) is 0 Å². The minimum Gasteiger partial charge on any atom is -0.497 e. The van der Waals surface area contributed by atoms with Crippen LogP contribution in [0.1, 0.15) is 38.7 Å². The van der Waals surface area contributed by atoms with Gasteiger partial charge in [-0.05, 0) is 55.5 Å². The van der Waals surface area contributed by atoms with Crippen molar-refractivity contribution < 1.29 is 14.6 Å². The number of benzene rings is 1. The van der Waals surface area contributed by atoms with Gasteiger partial charge in [-0.3, -0.25) is 9.69 Å². The summed E-state index contributed by atoms with van der Waals surface area (Å²) in [5.74, 6) is 1.50. The number of carbonyl (C=O) groups excluding carboxylic acids is 1. The zero-order valence-corrected chi connectivity index (χ0v) is 15.7. The fraction of sp³-hybridized carbons (Fsp3) is 0.650. The monoisotopic (exact) mass is 348 g/mol. The van der Waals surface area contributed by atoms with E-state index in [0.717, 1.165) is 44.8 Å². The van der Waals surface area contributed by atoms with Crippen LogP contribution in [0.5, 0.6) is 5.75 Å². The third-order valence-corrected chi connectivity index (χ3v) is 5.02. The number of amides is 1. The fourth-order valence-corrected chi connectivity index (χ4v) is 3.09. The molecule has 0 radical (unpaired) electrons. The van der Waals surface area contributed by atoms with E-state index in [-0.39, 0.29) is 18.2 Å². The molecule has 1 fully saturated rings. The quantitative estimate of drug-likeness (QED) is 0.757. The van der Waals surface area contributed by atoms with Gasteiger partial charge in [0.05, 0.1) is 19.6 Å². The number of piperidine rings is 1. The average molecular weight is 348 g/mol. The number of aliphatic hydroxyl groups excluding tert-OH is 1. The standard InChI is InChI=1S/C20H32N2O3/c1-15(2)19(23)12-20(24)21-13-16-8-10-22(11-9-16)14-17-4-6-18(25-3)7-5-17/h4-7,15-16,19,23H,8-14H2,1-3H3,(H,21,24). The van der Waals surface area contributed by atoms with Crippen molar-refractivity contribution in [1.29, 1.82) is 0 Å². The fourth-order valence-electron chi connectivity index (χ4n) is 3.09. The summed E-state index contributed by atoms with van der Waals surface area (Å²) in [6.45, 7) is 7.65. The van der Waals surface area contributed by atoms with E-state index < -0.39 is 6.10 Å². The van der Waals surface area contributed by atoms with Crippen LogP contribution in [0.15, 0.2) is 24.3 Å². The van der Waals surface area contributed by atoms with E-state index in [0.29, 0.717) is 5.92 Å². The van der Waals surface area contributed by atoms with Gasteiger partial charge >= 0.3 is 0 Å². The molecule has 1 aliphatic rings. The van der Waals surface area contributed by atoms with Crippen LogP contribution in [0.3, 0.4) is 0 Å². The van der Waals surface area contributed by atoms with Crippen LogP contribution in [-0.2, 0) is 11.3 Å². The Labute approximate surface area is 151 Å². The van der Waals surface area contributed by atoms with Gasteiger partial charge in [-0.25, -0.2) is 0 Å². The van der Waals surface area contributed by atoms with Crippen molar-refractivity contribution in [2.45, 2.75) is 45.8 Å². The van der Waals surface area contributed by atoms with Crippen molar-refractivity contribution in [3.8, 4) is 5.75 Å². The van der Waals surface area contributed by atoms with Gasteiger partial charge in [0, 0.05) is 13.1 Å². The van der Waals surface area contributed by atoms with Crippen molar-refractivity contribution in [2.75, 3.05) is 26.7 Å². The number of rotatable bonds is 8. The van der Waals surface area contributed by atoms with Gasteiger partial charge in [0.2, 0.25) is 5.91 Å². The van der Waals surface area contributed by atoms with Crippen LogP contribution in [0.4, 0.5) is 0 Å². The van der Waals surface area contributed by atoms with E-state index in [4.69, 9.17) is 4.74 Å². The highest BCUT2D eigenvalue weighted by Crippen LogP contribution is 2.20. The molecule has 5 nitrogen and oxygen atoms in total. The Kier molecular flexibility index (Phi) is 7.72. The first-order chi connectivity index (χ1) is 12.0. The first-order valence-electron chi connectivity index (χ1n) is 9.28. The number of carbonyl (C=O) groups is 1. The molecule has 25 heavy (non-hydrogen) atoms. The molecule has 2 N–H and O–H groups in total. The van der Waals surface area contributed by atoms with E-state index >= 15 is 0 Å². The molecule has 1 heterocycles. The Hall–Kier alpha value is -1.59. The molecule has 1 amide bonds. The summed E-state index contributed by atoms with van der Waals surface area (Å²) in [5.41, 5.74) is 1.30. The molecule has 1 aromatic carbocycles. The van der Waals surface area contributed by atoms with Gasteiger partial charge in [-0.2, -0.15) is 0 Å². The van der Waals surface area contributed by atoms with Gasteiger partial charge in [0.25, 0.3) is 0 Å². The maximum atomic E-state index is 11.9. The first-order valence-corrected chi connectivity index (χ1v) is 9.28. The number of nitrogens with zero attached hydrogens (tertiary/aromatic N) is 1. The number of methoxy groups -OCH3 is 1. The Morgan fingerprint density at radius 1 is 1.28 bits per heavy atom. The molecule has 1 aromatic rings. The van der Waals surface area contributed by atoms with Crippen molar-refractivity contribution >= 4 is 5.91 Å². The zero-order valence-electron chi connectivity index (χ0n) is 15.7. The molecular weight excluding hydrogens is 316 g/mol. The lowest BCUT2D eigenvalue weighted by Crippen LogP contribution is -2.39. The van der Waals surface area contributed by atoms with Crippen LogP contribution in [0, 0.1) is 11.8 Å². The van der Waals surface area contributed by atoms with Gasteiger partial charge in [0.15, 0.2) is 0 Å². The van der Waals surface area contributed by atoms with Gasteiger partial charge in [-0.15, -0.1) is 0 Å². The van der Waals surface area contributed by atoms with Crippen molar-refractivity contribution in [3.05, 3.63) is 29.8 Å². The Balaban J connectivity index is 1.66. The largest absolute Gasteiger partial charge is 0.497 e. The summed E-state index contributed by atoms with van der Waals surface area (Å²) in [6.07, 6.45) is 1.85. The number of ether oxygens (including phenoxy) is 1. The van der Waals surface area contributed by atoms with Crippen molar-refractivity contribution in [2.24, 2.45) is 11.8 Å².